The Morgan fingerprint density at radius 3 is 1.91 bits per heavy atom. The number of para-hydroxylation sites is 1. The van der Waals surface area contributed by atoms with Crippen LogP contribution in [0.25, 0.3) is 44.2 Å². The topological polar surface area (TPSA) is 25.2 Å². The predicted molar refractivity (Wildman–Crippen MR) is 190 cm³/mol. The van der Waals surface area contributed by atoms with Crippen molar-refractivity contribution in [1.29, 1.82) is 0 Å². The SMILES string of the molecule is c1ccc2c(c1)Sc1ccc(-c3ccc(Nc4cccc5oc6ccccc6c45)cc3)cc1C21c2ccccc2-c2ccccc21. The first-order chi connectivity index (χ1) is 22.8. The summed E-state index contributed by atoms with van der Waals surface area (Å²) in [6, 6.07) is 57.2. The van der Waals surface area contributed by atoms with Gasteiger partial charge in [0.25, 0.3) is 0 Å². The molecule has 1 N–H and O–H groups in total. The van der Waals surface area contributed by atoms with E-state index < -0.39 is 0 Å². The van der Waals surface area contributed by atoms with Crippen LogP contribution in [0.3, 0.4) is 0 Å². The molecule has 1 spiro atoms. The lowest BCUT2D eigenvalue weighted by molar-refractivity contribution is 0.669. The Hall–Kier alpha value is -5.51. The van der Waals surface area contributed by atoms with Gasteiger partial charge in [-0.3, -0.25) is 0 Å². The summed E-state index contributed by atoms with van der Waals surface area (Å²) in [6.07, 6.45) is 0. The van der Waals surface area contributed by atoms with Crippen molar-refractivity contribution >= 4 is 45.1 Å². The van der Waals surface area contributed by atoms with Gasteiger partial charge in [0.05, 0.1) is 16.5 Å². The second kappa shape index (κ2) is 9.74. The minimum absolute atomic E-state index is 0.367. The fourth-order valence-electron chi connectivity index (χ4n) is 7.82. The highest BCUT2D eigenvalue weighted by molar-refractivity contribution is 7.99. The van der Waals surface area contributed by atoms with Crippen molar-refractivity contribution in [2.45, 2.75) is 15.2 Å². The van der Waals surface area contributed by atoms with Crippen LogP contribution in [0, 0.1) is 0 Å². The summed E-state index contributed by atoms with van der Waals surface area (Å²) < 4.78 is 6.12. The zero-order valence-electron chi connectivity index (χ0n) is 24.8. The maximum atomic E-state index is 6.12. The van der Waals surface area contributed by atoms with Gasteiger partial charge in [0.1, 0.15) is 11.2 Å². The monoisotopic (exact) mass is 605 g/mol. The molecule has 0 bridgehead atoms. The Balaban J connectivity index is 1.09. The zero-order chi connectivity index (χ0) is 30.2. The molecule has 1 aliphatic carbocycles. The molecule has 216 valence electrons. The third-order valence-electron chi connectivity index (χ3n) is 9.75. The Kier molecular flexibility index (Phi) is 5.46. The molecule has 0 unspecified atom stereocenters. The smallest absolute Gasteiger partial charge is 0.137 e. The molecule has 3 heteroatoms. The van der Waals surface area contributed by atoms with E-state index in [9.17, 15) is 0 Å². The third-order valence-corrected chi connectivity index (χ3v) is 10.9. The van der Waals surface area contributed by atoms with Crippen LogP contribution in [0.15, 0.2) is 172 Å². The molecular formula is C43H27NOS. The summed E-state index contributed by atoms with van der Waals surface area (Å²) >= 11 is 1.88. The van der Waals surface area contributed by atoms with Gasteiger partial charge in [-0.25, -0.2) is 0 Å². The first-order valence-corrected chi connectivity index (χ1v) is 16.5. The Morgan fingerprint density at radius 1 is 0.478 bits per heavy atom. The molecule has 8 aromatic rings. The van der Waals surface area contributed by atoms with E-state index in [1.165, 1.54) is 54.3 Å². The fourth-order valence-corrected chi connectivity index (χ4v) is 8.99. The highest BCUT2D eigenvalue weighted by Gasteiger charge is 2.50. The van der Waals surface area contributed by atoms with Crippen LogP contribution < -0.4 is 5.32 Å². The Bertz CT molecular complexity index is 2440. The molecule has 0 saturated heterocycles. The summed E-state index contributed by atoms with van der Waals surface area (Å²) in [5.74, 6) is 0. The highest BCUT2D eigenvalue weighted by Crippen LogP contribution is 2.62. The van der Waals surface area contributed by atoms with E-state index in [4.69, 9.17) is 4.42 Å². The van der Waals surface area contributed by atoms with Crippen molar-refractivity contribution < 1.29 is 4.42 Å². The molecule has 0 saturated carbocycles. The van der Waals surface area contributed by atoms with Crippen molar-refractivity contribution in [2.75, 3.05) is 5.32 Å². The van der Waals surface area contributed by atoms with Crippen LogP contribution in [-0.2, 0) is 5.41 Å². The van der Waals surface area contributed by atoms with Gasteiger partial charge in [-0.2, -0.15) is 0 Å². The second-order valence-electron chi connectivity index (χ2n) is 12.1. The van der Waals surface area contributed by atoms with E-state index in [1.807, 2.05) is 36.0 Å². The average molecular weight is 606 g/mol. The fraction of sp³-hybridized carbons (Fsp3) is 0.0233. The van der Waals surface area contributed by atoms with Crippen molar-refractivity contribution in [3.63, 3.8) is 0 Å². The molecule has 2 nitrogen and oxygen atoms in total. The van der Waals surface area contributed by atoms with Gasteiger partial charge in [0.15, 0.2) is 0 Å². The second-order valence-corrected chi connectivity index (χ2v) is 13.2. The number of furan rings is 1. The molecular weight excluding hydrogens is 579 g/mol. The summed E-state index contributed by atoms with van der Waals surface area (Å²) in [6.45, 7) is 0. The number of rotatable bonds is 3. The Morgan fingerprint density at radius 2 is 1.11 bits per heavy atom. The minimum Gasteiger partial charge on any atom is -0.456 e. The molecule has 0 atom stereocenters. The molecule has 0 radical (unpaired) electrons. The predicted octanol–water partition coefficient (Wildman–Crippen LogP) is 11.8. The van der Waals surface area contributed by atoms with Crippen LogP contribution in [0.4, 0.5) is 11.4 Å². The van der Waals surface area contributed by atoms with E-state index in [0.717, 1.165) is 33.3 Å². The molecule has 2 aliphatic rings. The van der Waals surface area contributed by atoms with Crippen molar-refractivity contribution in [1.82, 2.24) is 0 Å². The summed E-state index contributed by atoms with van der Waals surface area (Å²) in [5.41, 5.74) is 14.0. The number of benzene rings is 7. The summed E-state index contributed by atoms with van der Waals surface area (Å²) in [4.78, 5) is 2.64. The number of hydrogen-bond acceptors (Lipinski definition) is 3. The van der Waals surface area contributed by atoms with Gasteiger partial charge in [-0.15, -0.1) is 0 Å². The van der Waals surface area contributed by atoms with E-state index >= 15 is 0 Å². The van der Waals surface area contributed by atoms with E-state index in [1.54, 1.807) is 0 Å². The van der Waals surface area contributed by atoms with Crippen LogP contribution in [0.2, 0.25) is 0 Å². The van der Waals surface area contributed by atoms with Crippen molar-refractivity contribution in [3.8, 4) is 22.3 Å². The normalized spacial score (nSPS) is 13.7. The zero-order valence-corrected chi connectivity index (χ0v) is 25.6. The number of anilines is 2. The number of hydrogen-bond donors (Lipinski definition) is 1. The molecule has 46 heavy (non-hydrogen) atoms. The highest BCUT2D eigenvalue weighted by atomic mass is 32.2. The maximum Gasteiger partial charge on any atom is 0.137 e. The molecule has 0 amide bonds. The summed E-state index contributed by atoms with van der Waals surface area (Å²) in [5, 5.41) is 5.89. The largest absolute Gasteiger partial charge is 0.456 e. The first kappa shape index (κ1) is 25.8. The van der Waals surface area contributed by atoms with Gasteiger partial charge in [-0.05, 0) is 93.0 Å². The Labute approximate surface area is 271 Å². The third kappa shape index (κ3) is 3.55. The van der Waals surface area contributed by atoms with Crippen LogP contribution >= 0.6 is 11.8 Å². The van der Waals surface area contributed by atoms with Crippen LogP contribution in [-0.4, -0.2) is 0 Å². The standard InChI is InChI=1S/C43H27NOS/c1-4-13-33-30(10-1)31-11-2-5-14-34(31)43(33)35-15-6-8-19-40(35)46-41-25-22-28(26-36(41)43)27-20-23-29(24-21-27)44-37-16-9-18-39-42(37)32-12-3-7-17-38(32)45-39/h1-26,44H. The van der Waals surface area contributed by atoms with Gasteiger partial charge in [-0.1, -0.05) is 121 Å². The summed E-state index contributed by atoms with van der Waals surface area (Å²) in [7, 11) is 0. The van der Waals surface area contributed by atoms with Gasteiger partial charge < -0.3 is 9.73 Å². The average Bonchev–Trinajstić information content (AvgIpc) is 3.64. The molecule has 1 aromatic heterocycles. The van der Waals surface area contributed by atoms with Crippen LogP contribution in [0.1, 0.15) is 22.3 Å². The van der Waals surface area contributed by atoms with Gasteiger partial charge in [0.2, 0.25) is 0 Å². The van der Waals surface area contributed by atoms with Crippen molar-refractivity contribution in [3.05, 3.63) is 180 Å². The van der Waals surface area contributed by atoms with E-state index in [0.29, 0.717) is 0 Å². The molecule has 7 aromatic carbocycles. The lowest BCUT2D eigenvalue weighted by Crippen LogP contribution is -2.32. The maximum absolute atomic E-state index is 6.12. The quantitative estimate of drug-likeness (QED) is 0.217. The van der Waals surface area contributed by atoms with Gasteiger partial charge >= 0.3 is 0 Å². The molecule has 1 aliphatic heterocycles. The molecule has 2 heterocycles. The van der Waals surface area contributed by atoms with Gasteiger partial charge in [0, 0.05) is 20.9 Å². The molecule has 0 fully saturated rings. The number of fused-ring (bicyclic) bond motifs is 12. The lowest BCUT2D eigenvalue weighted by Gasteiger charge is -2.40. The minimum atomic E-state index is -0.367. The lowest BCUT2D eigenvalue weighted by atomic mass is 9.67. The van der Waals surface area contributed by atoms with Crippen molar-refractivity contribution in [2.24, 2.45) is 0 Å². The van der Waals surface area contributed by atoms with Crippen LogP contribution in [0.5, 0.6) is 0 Å². The molecule has 10 rings (SSSR count). The van der Waals surface area contributed by atoms with E-state index in [-0.39, 0.29) is 5.41 Å². The first-order valence-electron chi connectivity index (χ1n) is 15.7. The van der Waals surface area contributed by atoms with E-state index in [2.05, 4.69) is 139 Å². The number of nitrogens with one attached hydrogen (secondary N) is 1.